The Kier molecular flexibility index (Phi) is 6.26. The van der Waals surface area contributed by atoms with E-state index in [1.54, 1.807) is 0 Å². The molecule has 0 saturated carbocycles. The van der Waals surface area contributed by atoms with Crippen molar-refractivity contribution in [2.24, 2.45) is 5.92 Å². The first-order valence-corrected chi connectivity index (χ1v) is 8.79. The first kappa shape index (κ1) is 16.4. The third-order valence-electron chi connectivity index (χ3n) is 3.68. The van der Waals surface area contributed by atoms with E-state index in [2.05, 4.69) is 5.32 Å². The Bertz CT molecular complexity index is 387. The maximum absolute atomic E-state index is 12.0. The van der Waals surface area contributed by atoms with Gasteiger partial charge in [0.05, 0.1) is 5.75 Å². The van der Waals surface area contributed by atoms with Crippen molar-refractivity contribution >= 4 is 15.9 Å². The molecule has 1 atom stereocenters. The fraction of sp³-hybridized carbons (Fsp3) is 0.923. The number of nitrogens with zero attached hydrogens (tertiary/aromatic N) is 1. The summed E-state index contributed by atoms with van der Waals surface area (Å²) in [6.07, 6.45) is 2.81. The van der Waals surface area contributed by atoms with E-state index >= 15 is 0 Å². The molecular weight excluding hydrogens is 264 g/mol. The van der Waals surface area contributed by atoms with E-state index < -0.39 is 10.0 Å². The van der Waals surface area contributed by atoms with Gasteiger partial charge in [-0.1, -0.05) is 13.8 Å². The zero-order chi connectivity index (χ0) is 14.5. The second kappa shape index (κ2) is 7.24. The molecule has 1 aliphatic heterocycles. The number of nitrogens with one attached hydrogen (secondary N) is 1. The zero-order valence-corrected chi connectivity index (χ0v) is 13.0. The van der Waals surface area contributed by atoms with Gasteiger partial charge in [-0.2, -0.15) is 0 Å². The molecule has 1 aliphatic rings. The summed E-state index contributed by atoms with van der Waals surface area (Å²) in [4.78, 5) is 12.0. The van der Waals surface area contributed by atoms with Crippen molar-refractivity contribution in [1.29, 1.82) is 0 Å². The van der Waals surface area contributed by atoms with Crippen LogP contribution in [0.25, 0.3) is 0 Å². The van der Waals surface area contributed by atoms with Crippen LogP contribution in [0.1, 0.15) is 46.5 Å². The Hall–Kier alpha value is -0.620. The molecule has 1 N–H and O–H groups in total. The van der Waals surface area contributed by atoms with Gasteiger partial charge in [-0.05, 0) is 32.6 Å². The largest absolute Gasteiger partial charge is 0.353 e. The maximum Gasteiger partial charge on any atom is 0.223 e. The lowest BCUT2D eigenvalue weighted by atomic mass is 9.97. The zero-order valence-electron chi connectivity index (χ0n) is 12.2. The van der Waals surface area contributed by atoms with E-state index in [-0.39, 0.29) is 23.6 Å². The summed E-state index contributed by atoms with van der Waals surface area (Å²) >= 11 is 0. The average molecular weight is 290 g/mol. The summed E-state index contributed by atoms with van der Waals surface area (Å²) in [5.74, 6) is 0.237. The summed E-state index contributed by atoms with van der Waals surface area (Å²) in [6.45, 7) is 6.83. The molecule has 0 aromatic carbocycles. The Labute approximate surface area is 116 Å². The van der Waals surface area contributed by atoms with Gasteiger partial charge in [0.1, 0.15) is 0 Å². The van der Waals surface area contributed by atoms with E-state index in [1.165, 1.54) is 4.31 Å². The van der Waals surface area contributed by atoms with Crippen LogP contribution in [0.4, 0.5) is 0 Å². The highest BCUT2D eigenvalue weighted by atomic mass is 32.2. The Morgan fingerprint density at radius 2 is 1.89 bits per heavy atom. The summed E-state index contributed by atoms with van der Waals surface area (Å²) in [5, 5.41) is 2.97. The molecule has 1 unspecified atom stereocenters. The van der Waals surface area contributed by atoms with Gasteiger partial charge in [0, 0.05) is 25.0 Å². The van der Waals surface area contributed by atoms with Gasteiger partial charge in [0.25, 0.3) is 0 Å². The molecule has 1 rings (SSSR count). The van der Waals surface area contributed by atoms with Crippen molar-refractivity contribution in [3.8, 4) is 0 Å². The van der Waals surface area contributed by atoms with Gasteiger partial charge in [0.2, 0.25) is 15.9 Å². The van der Waals surface area contributed by atoms with Crippen molar-refractivity contribution in [3.63, 3.8) is 0 Å². The van der Waals surface area contributed by atoms with Gasteiger partial charge < -0.3 is 5.32 Å². The van der Waals surface area contributed by atoms with Crippen LogP contribution in [0.3, 0.4) is 0 Å². The second-order valence-electron chi connectivity index (χ2n) is 5.31. The monoisotopic (exact) mass is 290 g/mol. The minimum atomic E-state index is -3.11. The minimum Gasteiger partial charge on any atom is -0.353 e. The lowest BCUT2D eigenvalue weighted by Gasteiger charge is -2.31. The van der Waals surface area contributed by atoms with E-state index in [0.29, 0.717) is 32.4 Å². The standard InChI is InChI=1S/C13H26N2O3S/c1-4-10-19(17,18)15-8-6-12(7-9-15)13(16)14-11(3)5-2/h11-12H,4-10H2,1-3H3,(H,14,16). The first-order valence-electron chi connectivity index (χ1n) is 7.18. The summed E-state index contributed by atoms with van der Waals surface area (Å²) in [5.41, 5.74) is 0. The molecule has 1 heterocycles. The highest BCUT2D eigenvalue weighted by Gasteiger charge is 2.30. The van der Waals surface area contributed by atoms with Gasteiger partial charge in [0.15, 0.2) is 0 Å². The number of hydrogen-bond donors (Lipinski definition) is 1. The van der Waals surface area contributed by atoms with E-state index in [4.69, 9.17) is 0 Å². The topological polar surface area (TPSA) is 66.5 Å². The predicted octanol–water partition coefficient (Wildman–Crippen LogP) is 1.35. The highest BCUT2D eigenvalue weighted by Crippen LogP contribution is 2.20. The van der Waals surface area contributed by atoms with Crippen molar-refractivity contribution in [2.75, 3.05) is 18.8 Å². The fourth-order valence-corrected chi connectivity index (χ4v) is 3.79. The summed E-state index contributed by atoms with van der Waals surface area (Å²) in [7, 11) is -3.11. The van der Waals surface area contributed by atoms with Gasteiger partial charge in [-0.15, -0.1) is 0 Å². The molecule has 112 valence electrons. The fourth-order valence-electron chi connectivity index (χ4n) is 2.25. The number of carbonyl (C=O) groups excluding carboxylic acids is 1. The molecule has 19 heavy (non-hydrogen) atoms. The van der Waals surface area contributed by atoms with Crippen molar-refractivity contribution in [1.82, 2.24) is 9.62 Å². The quantitative estimate of drug-likeness (QED) is 0.803. The Morgan fingerprint density at radius 1 is 1.32 bits per heavy atom. The second-order valence-corrected chi connectivity index (χ2v) is 7.40. The molecule has 0 spiro atoms. The summed E-state index contributed by atoms with van der Waals surface area (Å²) in [6, 6.07) is 0.189. The lowest BCUT2D eigenvalue weighted by Crippen LogP contribution is -2.45. The van der Waals surface area contributed by atoms with Crippen LogP contribution in [-0.4, -0.2) is 43.5 Å². The predicted molar refractivity (Wildman–Crippen MR) is 76.3 cm³/mol. The average Bonchev–Trinajstić information content (AvgIpc) is 2.38. The number of amides is 1. The summed E-state index contributed by atoms with van der Waals surface area (Å²) < 4.78 is 25.4. The minimum absolute atomic E-state index is 0.0397. The maximum atomic E-state index is 12.0. The molecule has 0 aromatic heterocycles. The third-order valence-corrected chi connectivity index (χ3v) is 5.76. The van der Waals surface area contributed by atoms with Crippen LogP contribution in [0, 0.1) is 5.92 Å². The van der Waals surface area contributed by atoms with Crippen LogP contribution in [0.15, 0.2) is 0 Å². The molecular formula is C13H26N2O3S. The van der Waals surface area contributed by atoms with Crippen LogP contribution in [-0.2, 0) is 14.8 Å². The molecule has 0 bridgehead atoms. The molecule has 5 nitrogen and oxygen atoms in total. The normalized spacial score (nSPS) is 20.2. The van der Waals surface area contributed by atoms with Gasteiger partial charge in [-0.25, -0.2) is 12.7 Å². The molecule has 1 amide bonds. The number of sulfonamides is 1. The lowest BCUT2D eigenvalue weighted by molar-refractivity contribution is -0.126. The molecule has 1 saturated heterocycles. The number of rotatable bonds is 6. The SMILES string of the molecule is CCCS(=O)(=O)N1CCC(C(=O)NC(C)CC)CC1. The van der Waals surface area contributed by atoms with Crippen LogP contribution < -0.4 is 5.32 Å². The highest BCUT2D eigenvalue weighted by molar-refractivity contribution is 7.89. The molecule has 0 aromatic rings. The molecule has 1 fully saturated rings. The Balaban J connectivity index is 2.47. The molecule has 0 radical (unpaired) electrons. The van der Waals surface area contributed by atoms with Crippen molar-refractivity contribution < 1.29 is 13.2 Å². The number of carbonyl (C=O) groups is 1. The molecule has 0 aliphatic carbocycles. The van der Waals surface area contributed by atoms with Gasteiger partial charge in [-0.3, -0.25) is 4.79 Å². The molecule has 6 heteroatoms. The van der Waals surface area contributed by atoms with Gasteiger partial charge >= 0.3 is 0 Å². The number of piperidine rings is 1. The van der Waals surface area contributed by atoms with Crippen molar-refractivity contribution in [3.05, 3.63) is 0 Å². The van der Waals surface area contributed by atoms with Crippen molar-refractivity contribution in [2.45, 2.75) is 52.5 Å². The Morgan fingerprint density at radius 3 is 2.37 bits per heavy atom. The number of hydrogen-bond acceptors (Lipinski definition) is 3. The third kappa shape index (κ3) is 4.76. The van der Waals surface area contributed by atoms with Crippen LogP contribution in [0.5, 0.6) is 0 Å². The first-order chi connectivity index (χ1) is 8.90. The van der Waals surface area contributed by atoms with Crippen LogP contribution >= 0.6 is 0 Å². The van der Waals surface area contributed by atoms with E-state index in [1.807, 2.05) is 20.8 Å². The smallest absolute Gasteiger partial charge is 0.223 e. The van der Waals surface area contributed by atoms with Crippen LogP contribution in [0.2, 0.25) is 0 Å². The van der Waals surface area contributed by atoms with E-state index in [9.17, 15) is 13.2 Å². The van der Waals surface area contributed by atoms with E-state index in [0.717, 1.165) is 6.42 Å².